The molecular weight excluding hydrogens is 236 g/mol. The third-order valence-corrected chi connectivity index (χ3v) is 2.54. The molecule has 0 fully saturated rings. The van der Waals surface area contributed by atoms with Gasteiger partial charge in [0, 0.05) is 23.5 Å². The zero-order valence-corrected chi connectivity index (χ0v) is 10.1. The summed E-state index contributed by atoms with van der Waals surface area (Å²) in [4.78, 5) is 8.14. The van der Waals surface area contributed by atoms with Gasteiger partial charge in [0.05, 0.1) is 6.20 Å². The van der Waals surface area contributed by atoms with Crippen LogP contribution < -0.4 is 0 Å². The third-order valence-electron chi connectivity index (χ3n) is 2.54. The van der Waals surface area contributed by atoms with Crippen molar-refractivity contribution in [3.05, 3.63) is 72.5 Å². The molecule has 2 aromatic heterocycles. The normalized spacial score (nSPS) is 9.68. The molecule has 3 rings (SSSR count). The first kappa shape index (κ1) is 11.2. The van der Waals surface area contributed by atoms with Gasteiger partial charge in [0.15, 0.2) is 5.76 Å². The lowest BCUT2D eigenvalue weighted by Crippen LogP contribution is -1.76. The summed E-state index contributed by atoms with van der Waals surface area (Å²) in [5.41, 5.74) is 1.83. The summed E-state index contributed by atoms with van der Waals surface area (Å²) in [6.07, 6.45) is 5.10. The van der Waals surface area contributed by atoms with Gasteiger partial charge in [0.25, 0.3) is 5.89 Å². The summed E-state index contributed by atoms with van der Waals surface area (Å²) in [5, 5.41) is 0. The Morgan fingerprint density at radius 2 is 1.79 bits per heavy atom. The van der Waals surface area contributed by atoms with E-state index in [0.717, 1.165) is 16.9 Å². The van der Waals surface area contributed by atoms with Crippen molar-refractivity contribution in [3.63, 3.8) is 0 Å². The van der Waals surface area contributed by atoms with Gasteiger partial charge in [-0.3, -0.25) is 4.98 Å². The van der Waals surface area contributed by atoms with Crippen molar-refractivity contribution < 1.29 is 4.42 Å². The quantitative estimate of drug-likeness (QED) is 0.619. The lowest BCUT2D eigenvalue weighted by atomic mass is 10.2. The number of hydrogen-bond acceptors (Lipinski definition) is 3. The first-order valence-corrected chi connectivity index (χ1v) is 5.85. The van der Waals surface area contributed by atoms with Crippen LogP contribution in [0, 0.1) is 11.8 Å². The predicted molar refractivity (Wildman–Crippen MR) is 72.2 cm³/mol. The van der Waals surface area contributed by atoms with Crippen LogP contribution in [0.3, 0.4) is 0 Å². The van der Waals surface area contributed by atoms with Gasteiger partial charge >= 0.3 is 0 Å². The van der Waals surface area contributed by atoms with E-state index in [2.05, 4.69) is 21.8 Å². The molecule has 0 aliphatic rings. The fraction of sp³-hybridized carbons (Fsp3) is 0. The highest BCUT2D eigenvalue weighted by atomic mass is 16.4. The maximum atomic E-state index is 5.59. The molecule has 0 atom stereocenters. The molecule has 0 amide bonds. The smallest absolute Gasteiger partial charge is 0.274 e. The standard InChI is InChI=1S/C16H10N2O/c1-2-6-14(7-3-1)15-12-18-16(19-15)9-8-13-5-4-10-17-11-13/h1-7,10-12H. The van der Waals surface area contributed by atoms with Crippen LogP contribution in [0.5, 0.6) is 0 Å². The Hall–Kier alpha value is -2.86. The number of aromatic nitrogens is 2. The average molecular weight is 246 g/mol. The van der Waals surface area contributed by atoms with E-state index in [1.54, 1.807) is 18.6 Å². The zero-order chi connectivity index (χ0) is 12.9. The van der Waals surface area contributed by atoms with Crippen molar-refractivity contribution in [2.75, 3.05) is 0 Å². The summed E-state index contributed by atoms with van der Waals surface area (Å²) in [6, 6.07) is 13.5. The highest BCUT2D eigenvalue weighted by Gasteiger charge is 2.03. The predicted octanol–water partition coefficient (Wildman–Crippen LogP) is 3.14. The molecule has 0 N–H and O–H groups in total. The Morgan fingerprint density at radius 3 is 2.58 bits per heavy atom. The van der Waals surface area contributed by atoms with Crippen molar-refractivity contribution in [1.29, 1.82) is 0 Å². The maximum absolute atomic E-state index is 5.59. The summed E-state index contributed by atoms with van der Waals surface area (Å²) < 4.78 is 5.59. The van der Waals surface area contributed by atoms with Crippen molar-refractivity contribution in [2.24, 2.45) is 0 Å². The van der Waals surface area contributed by atoms with E-state index in [1.807, 2.05) is 42.5 Å². The topological polar surface area (TPSA) is 38.9 Å². The van der Waals surface area contributed by atoms with E-state index in [1.165, 1.54) is 0 Å². The van der Waals surface area contributed by atoms with Crippen LogP contribution >= 0.6 is 0 Å². The number of pyridine rings is 1. The van der Waals surface area contributed by atoms with Crippen molar-refractivity contribution >= 4 is 0 Å². The van der Waals surface area contributed by atoms with Gasteiger partial charge in [0.1, 0.15) is 0 Å². The fourth-order valence-corrected chi connectivity index (χ4v) is 1.63. The van der Waals surface area contributed by atoms with E-state index >= 15 is 0 Å². The molecule has 0 radical (unpaired) electrons. The van der Waals surface area contributed by atoms with Crippen molar-refractivity contribution in [2.45, 2.75) is 0 Å². The molecule has 0 unspecified atom stereocenters. The second kappa shape index (κ2) is 5.19. The largest absolute Gasteiger partial charge is 0.430 e. The number of benzene rings is 1. The van der Waals surface area contributed by atoms with E-state index in [9.17, 15) is 0 Å². The van der Waals surface area contributed by atoms with Gasteiger partial charge in [-0.2, -0.15) is 0 Å². The minimum absolute atomic E-state index is 0.405. The second-order valence-electron chi connectivity index (χ2n) is 3.89. The minimum Gasteiger partial charge on any atom is -0.430 e. The van der Waals surface area contributed by atoms with Crippen LogP contribution in [0.1, 0.15) is 11.5 Å². The summed E-state index contributed by atoms with van der Waals surface area (Å²) in [5.74, 6) is 6.96. The van der Waals surface area contributed by atoms with Crippen molar-refractivity contribution in [1.82, 2.24) is 9.97 Å². The monoisotopic (exact) mass is 246 g/mol. The Kier molecular flexibility index (Phi) is 3.07. The van der Waals surface area contributed by atoms with E-state index < -0.39 is 0 Å². The zero-order valence-electron chi connectivity index (χ0n) is 10.1. The summed E-state index contributed by atoms with van der Waals surface area (Å²) in [7, 11) is 0. The number of oxazole rings is 1. The lowest BCUT2D eigenvalue weighted by molar-refractivity contribution is 0.557. The Bertz CT molecular complexity index is 721. The van der Waals surface area contributed by atoms with Gasteiger partial charge in [-0.25, -0.2) is 4.98 Å². The maximum Gasteiger partial charge on any atom is 0.274 e. The molecular formula is C16H10N2O. The molecule has 0 bridgehead atoms. The first-order chi connectivity index (χ1) is 9.42. The molecule has 1 aromatic carbocycles. The van der Waals surface area contributed by atoms with Crippen LogP contribution in [-0.4, -0.2) is 9.97 Å². The molecule has 3 aromatic rings. The molecule has 0 aliphatic heterocycles. The van der Waals surface area contributed by atoms with E-state index in [0.29, 0.717) is 5.89 Å². The summed E-state index contributed by atoms with van der Waals surface area (Å²) >= 11 is 0. The third kappa shape index (κ3) is 2.70. The van der Waals surface area contributed by atoms with Crippen LogP contribution in [0.4, 0.5) is 0 Å². The average Bonchev–Trinajstić information content (AvgIpc) is 2.96. The fourth-order valence-electron chi connectivity index (χ4n) is 1.63. The molecule has 3 heteroatoms. The molecule has 3 nitrogen and oxygen atoms in total. The van der Waals surface area contributed by atoms with Gasteiger partial charge < -0.3 is 4.42 Å². The molecule has 0 aliphatic carbocycles. The number of hydrogen-bond donors (Lipinski definition) is 0. The van der Waals surface area contributed by atoms with E-state index in [-0.39, 0.29) is 0 Å². The van der Waals surface area contributed by atoms with Crippen molar-refractivity contribution in [3.8, 4) is 23.2 Å². The molecule has 90 valence electrons. The van der Waals surface area contributed by atoms with Gasteiger partial charge in [-0.05, 0) is 18.1 Å². The first-order valence-electron chi connectivity index (χ1n) is 5.85. The van der Waals surface area contributed by atoms with Gasteiger partial charge in [-0.15, -0.1) is 0 Å². The second-order valence-corrected chi connectivity index (χ2v) is 3.89. The Labute approximate surface area is 111 Å². The van der Waals surface area contributed by atoms with Crippen LogP contribution in [0.15, 0.2) is 65.5 Å². The molecule has 19 heavy (non-hydrogen) atoms. The number of nitrogens with zero attached hydrogens (tertiary/aromatic N) is 2. The summed E-state index contributed by atoms with van der Waals surface area (Å²) in [6.45, 7) is 0. The van der Waals surface area contributed by atoms with Crippen LogP contribution in [0.25, 0.3) is 11.3 Å². The minimum atomic E-state index is 0.405. The Morgan fingerprint density at radius 1 is 0.895 bits per heavy atom. The molecule has 0 saturated heterocycles. The van der Waals surface area contributed by atoms with Gasteiger partial charge in [0.2, 0.25) is 0 Å². The Balaban J connectivity index is 1.85. The number of rotatable bonds is 1. The van der Waals surface area contributed by atoms with Crippen LogP contribution in [0.2, 0.25) is 0 Å². The highest BCUT2D eigenvalue weighted by molar-refractivity contribution is 5.56. The van der Waals surface area contributed by atoms with Crippen LogP contribution in [-0.2, 0) is 0 Å². The molecule has 0 spiro atoms. The highest BCUT2D eigenvalue weighted by Crippen LogP contribution is 2.19. The van der Waals surface area contributed by atoms with E-state index in [4.69, 9.17) is 4.42 Å². The lowest BCUT2D eigenvalue weighted by Gasteiger charge is -1.92. The van der Waals surface area contributed by atoms with Gasteiger partial charge in [-0.1, -0.05) is 36.3 Å². The molecule has 0 saturated carbocycles. The SMILES string of the molecule is C(#Cc1ncc(-c2ccccc2)o1)c1cccnc1. The molecule has 2 heterocycles.